The van der Waals surface area contributed by atoms with E-state index in [-0.39, 0.29) is 0 Å². The third-order valence-electron chi connectivity index (χ3n) is 3.42. The van der Waals surface area contributed by atoms with Gasteiger partial charge in [-0.05, 0) is 61.7 Å². The van der Waals surface area contributed by atoms with Crippen LogP contribution in [0.15, 0.2) is 46.9 Å². The van der Waals surface area contributed by atoms with Crippen LogP contribution >= 0.6 is 15.9 Å². The van der Waals surface area contributed by atoms with Gasteiger partial charge in [-0.2, -0.15) is 0 Å². The Morgan fingerprint density at radius 2 is 1.85 bits per heavy atom. The fourth-order valence-electron chi connectivity index (χ4n) is 2.23. The van der Waals surface area contributed by atoms with Gasteiger partial charge < -0.3 is 9.84 Å². The molecule has 0 aliphatic carbocycles. The zero-order valence-electron chi connectivity index (χ0n) is 12.0. The van der Waals surface area contributed by atoms with Crippen molar-refractivity contribution in [1.29, 1.82) is 0 Å². The van der Waals surface area contributed by atoms with E-state index >= 15 is 0 Å². The molecular formula is C17H19BrO2. The first-order valence-electron chi connectivity index (χ1n) is 6.67. The van der Waals surface area contributed by atoms with Crippen molar-refractivity contribution in [2.45, 2.75) is 26.4 Å². The summed E-state index contributed by atoms with van der Waals surface area (Å²) in [5.74, 6) is 0.862. The fourth-order valence-corrected chi connectivity index (χ4v) is 2.63. The summed E-state index contributed by atoms with van der Waals surface area (Å²) >= 11 is 3.44. The smallest absolute Gasteiger partial charge is 0.122 e. The van der Waals surface area contributed by atoms with Crippen LogP contribution in [0.5, 0.6) is 5.75 Å². The zero-order valence-corrected chi connectivity index (χ0v) is 13.6. The summed E-state index contributed by atoms with van der Waals surface area (Å²) in [5, 5.41) is 10.9. The number of benzene rings is 2. The summed E-state index contributed by atoms with van der Waals surface area (Å²) in [6, 6.07) is 13.5. The van der Waals surface area contributed by atoms with Gasteiger partial charge >= 0.3 is 0 Å². The van der Waals surface area contributed by atoms with Gasteiger partial charge in [0, 0.05) is 4.47 Å². The molecule has 0 heterocycles. The van der Waals surface area contributed by atoms with Gasteiger partial charge in [0.05, 0.1) is 6.61 Å². The van der Waals surface area contributed by atoms with E-state index in [1.807, 2.05) is 63.2 Å². The molecule has 0 aromatic heterocycles. The van der Waals surface area contributed by atoms with Gasteiger partial charge in [-0.15, -0.1) is 0 Å². The van der Waals surface area contributed by atoms with E-state index < -0.39 is 5.60 Å². The molecular weight excluding hydrogens is 316 g/mol. The van der Waals surface area contributed by atoms with E-state index in [4.69, 9.17) is 4.74 Å². The molecule has 0 radical (unpaired) electrons. The molecule has 0 aliphatic heterocycles. The number of halogens is 1. The average molecular weight is 335 g/mol. The van der Waals surface area contributed by atoms with Crippen molar-refractivity contribution in [3.05, 3.63) is 63.6 Å². The van der Waals surface area contributed by atoms with Crippen LogP contribution < -0.4 is 4.74 Å². The maximum Gasteiger partial charge on any atom is 0.122 e. The molecule has 2 aromatic rings. The van der Waals surface area contributed by atoms with Crippen LogP contribution in [-0.2, 0) is 5.60 Å². The molecule has 2 rings (SSSR count). The molecule has 2 aromatic carbocycles. The zero-order chi connectivity index (χ0) is 14.8. The Morgan fingerprint density at radius 3 is 2.45 bits per heavy atom. The highest BCUT2D eigenvalue weighted by atomic mass is 79.9. The lowest BCUT2D eigenvalue weighted by molar-refractivity contribution is 0.102. The maximum atomic E-state index is 10.9. The van der Waals surface area contributed by atoms with E-state index in [0.29, 0.717) is 6.61 Å². The van der Waals surface area contributed by atoms with Crippen molar-refractivity contribution in [1.82, 2.24) is 0 Å². The lowest BCUT2D eigenvalue weighted by Crippen LogP contribution is -2.22. The third-order valence-corrected chi connectivity index (χ3v) is 3.92. The van der Waals surface area contributed by atoms with Crippen molar-refractivity contribution < 1.29 is 9.84 Å². The van der Waals surface area contributed by atoms with Crippen molar-refractivity contribution in [3.63, 3.8) is 0 Å². The summed E-state index contributed by atoms with van der Waals surface area (Å²) in [6.45, 7) is 6.41. The van der Waals surface area contributed by atoms with E-state index in [2.05, 4.69) is 15.9 Å². The Hall–Kier alpha value is -1.32. The van der Waals surface area contributed by atoms with Crippen LogP contribution in [0.4, 0.5) is 0 Å². The van der Waals surface area contributed by atoms with Crippen molar-refractivity contribution in [2.24, 2.45) is 0 Å². The minimum atomic E-state index is -1.03. The summed E-state index contributed by atoms with van der Waals surface area (Å²) in [5.41, 5.74) is 1.71. The molecule has 0 amide bonds. The first-order chi connectivity index (χ1) is 9.45. The third kappa shape index (κ3) is 3.05. The average Bonchev–Trinajstić information content (AvgIpc) is 2.41. The molecule has 106 valence electrons. The second kappa shape index (κ2) is 5.98. The number of ether oxygens (including phenoxy) is 1. The first kappa shape index (κ1) is 15.1. The van der Waals surface area contributed by atoms with E-state index in [1.54, 1.807) is 0 Å². The highest BCUT2D eigenvalue weighted by Crippen LogP contribution is 2.33. The second-order valence-electron chi connectivity index (χ2n) is 5.00. The van der Waals surface area contributed by atoms with Crippen LogP contribution in [0.25, 0.3) is 0 Å². The molecule has 0 spiro atoms. The molecule has 1 N–H and O–H groups in total. The molecule has 1 atom stereocenters. The van der Waals surface area contributed by atoms with Gasteiger partial charge in [-0.3, -0.25) is 0 Å². The standard InChI is InChI=1S/C17H19BrO2/c1-4-20-16-9-8-14(10-12(16)2)17(3,19)13-6-5-7-15(18)11-13/h5-11,19H,4H2,1-3H3. The lowest BCUT2D eigenvalue weighted by atomic mass is 9.87. The van der Waals surface area contributed by atoms with Gasteiger partial charge in [-0.1, -0.05) is 34.1 Å². The Morgan fingerprint density at radius 1 is 1.15 bits per heavy atom. The molecule has 20 heavy (non-hydrogen) atoms. The van der Waals surface area contributed by atoms with Crippen LogP contribution in [0.2, 0.25) is 0 Å². The lowest BCUT2D eigenvalue weighted by Gasteiger charge is -2.25. The minimum Gasteiger partial charge on any atom is -0.494 e. The van der Waals surface area contributed by atoms with Crippen LogP contribution in [-0.4, -0.2) is 11.7 Å². The summed E-state index contributed by atoms with van der Waals surface area (Å²) < 4.78 is 6.50. The molecule has 0 bridgehead atoms. The van der Waals surface area contributed by atoms with E-state index in [1.165, 1.54) is 0 Å². The van der Waals surface area contributed by atoms with Crippen molar-refractivity contribution in [2.75, 3.05) is 6.61 Å². The highest BCUT2D eigenvalue weighted by Gasteiger charge is 2.26. The molecule has 0 aliphatic rings. The van der Waals surface area contributed by atoms with Gasteiger partial charge in [0.1, 0.15) is 11.4 Å². The van der Waals surface area contributed by atoms with E-state index in [9.17, 15) is 5.11 Å². The fraction of sp³-hybridized carbons (Fsp3) is 0.294. The Kier molecular flexibility index (Phi) is 4.51. The number of aliphatic hydroxyl groups is 1. The van der Waals surface area contributed by atoms with Crippen LogP contribution in [0.3, 0.4) is 0 Å². The minimum absolute atomic E-state index is 0.641. The number of hydrogen-bond acceptors (Lipinski definition) is 2. The SMILES string of the molecule is CCOc1ccc(C(C)(O)c2cccc(Br)c2)cc1C. The Balaban J connectivity index is 2.41. The molecule has 3 heteroatoms. The molecule has 0 saturated heterocycles. The predicted molar refractivity (Wildman–Crippen MR) is 85.2 cm³/mol. The van der Waals surface area contributed by atoms with Crippen LogP contribution in [0, 0.1) is 6.92 Å². The second-order valence-corrected chi connectivity index (χ2v) is 5.91. The van der Waals surface area contributed by atoms with Gasteiger partial charge in [-0.25, -0.2) is 0 Å². The van der Waals surface area contributed by atoms with Gasteiger partial charge in [0.15, 0.2) is 0 Å². The number of hydrogen-bond donors (Lipinski definition) is 1. The summed E-state index contributed by atoms with van der Waals surface area (Å²) in [6.07, 6.45) is 0. The molecule has 0 fully saturated rings. The Labute approximate surface area is 128 Å². The molecule has 2 nitrogen and oxygen atoms in total. The van der Waals surface area contributed by atoms with Gasteiger partial charge in [0.25, 0.3) is 0 Å². The Bertz CT molecular complexity index is 606. The molecule has 0 saturated carbocycles. The van der Waals surface area contributed by atoms with Crippen molar-refractivity contribution >= 4 is 15.9 Å². The maximum absolute atomic E-state index is 10.9. The number of aryl methyl sites for hydroxylation is 1. The van der Waals surface area contributed by atoms with Crippen molar-refractivity contribution in [3.8, 4) is 5.75 Å². The van der Waals surface area contributed by atoms with Gasteiger partial charge in [0.2, 0.25) is 0 Å². The largest absolute Gasteiger partial charge is 0.494 e. The summed E-state index contributed by atoms with van der Waals surface area (Å²) in [7, 11) is 0. The highest BCUT2D eigenvalue weighted by molar-refractivity contribution is 9.10. The van der Waals surface area contributed by atoms with E-state index in [0.717, 1.165) is 26.9 Å². The first-order valence-corrected chi connectivity index (χ1v) is 7.46. The van der Waals surface area contributed by atoms with Crippen LogP contribution in [0.1, 0.15) is 30.5 Å². The summed E-state index contributed by atoms with van der Waals surface area (Å²) in [4.78, 5) is 0. The monoisotopic (exact) mass is 334 g/mol. The quantitative estimate of drug-likeness (QED) is 0.897. The topological polar surface area (TPSA) is 29.5 Å². The number of rotatable bonds is 4. The molecule has 1 unspecified atom stereocenters. The predicted octanol–water partition coefficient (Wildman–Crippen LogP) is 4.41. The normalized spacial score (nSPS) is 13.8.